The molecule has 0 radical (unpaired) electrons. The van der Waals surface area contributed by atoms with Crippen LogP contribution >= 0.6 is 11.3 Å². The van der Waals surface area contributed by atoms with Crippen LogP contribution in [0.2, 0.25) is 0 Å². The Hall–Kier alpha value is -2.93. The number of esters is 1. The van der Waals surface area contributed by atoms with Crippen molar-refractivity contribution >= 4 is 33.4 Å². The molecule has 0 saturated carbocycles. The summed E-state index contributed by atoms with van der Waals surface area (Å²) in [6.45, 7) is 2.81. The summed E-state index contributed by atoms with van der Waals surface area (Å²) < 4.78 is 13.1. The van der Waals surface area contributed by atoms with Crippen molar-refractivity contribution < 1.29 is 19.1 Å². The van der Waals surface area contributed by atoms with E-state index in [1.807, 2.05) is 24.3 Å². The molecular formula is C22H24N2O4S. The summed E-state index contributed by atoms with van der Waals surface area (Å²) >= 11 is 1.36. The van der Waals surface area contributed by atoms with Gasteiger partial charge in [0.05, 0.1) is 23.9 Å². The molecule has 0 aliphatic heterocycles. The highest BCUT2D eigenvalue weighted by atomic mass is 32.1. The number of para-hydroxylation sites is 1. The fourth-order valence-corrected chi connectivity index (χ4v) is 3.87. The zero-order valence-corrected chi connectivity index (χ0v) is 17.4. The topological polar surface area (TPSA) is 69.9 Å². The third kappa shape index (κ3) is 5.32. The first-order valence-electron chi connectivity index (χ1n) is 9.59. The first-order chi connectivity index (χ1) is 14.1. The fourth-order valence-electron chi connectivity index (χ4n) is 2.84. The Morgan fingerprint density at radius 3 is 2.55 bits per heavy atom. The molecule has 29 heavy (non-hydrogen) atoms. The molecule has 1 heterocycles. The van der Waals surface area contributed by atoms with Crippen molar-refractivity contribution in [1.29, 1.82) is 0 Å². The number of nitrogens with zero attached hydrogens (tertiary/aromatic N) is 2. The average molecular weight is 413 g/mol. The van der Waals surface area contributed by atoms with E-state index >= 15 is 0 Å². The Morgan fingerprint density at radius 2 is 1.83 bits per heavy atom. The predicted octanol–water partition coefficient (Wildman–Crippen LogP) is 4.19. The standard InChI is InChI=1S/C22H24N2O4S/c1-3-4-7-14-28-17-12-10-16(11-13-17)21(26)23-22-24(15-20(25)27-2)18-8-5-6-9-19(18)29-22/h5-6,8-13H,3-4,7,14-15H2,1-2H3. The van der Waals surface area contributed by atoms with Crippen molar-refractivity contribution in [2.24, 2.45) is 4.99 Å². The van der Waals surface area contributed by atoms with E-state index in [2.05, 4.69) is 11.9 Å². The zero-order valence-electron chi connectivity index (χ0n) is 16.6. The molecule has 0 saturated heterocycles. The van der Waals surface area contributed by atoms with Gasteiger partial charge in [-0.2, -0.15) is 4.99 Å². The molecule has 0 bridgehead atoms. The van der Waals surface area contributed by atoms with E-state index in [0.29, 0.717) is 17.0 Å². The minimum atomic E-state index is -0.396. The highest BCUT2D eigenvalue weighted by Crippen LogP contribution is 2.18. The summed E-state index contributed by atoms with van der Waals surface area (Å²) in [6.07, 6.45) is 3.29. The maximum Gasteiger partial charge on any atom is 0.325 e. The van der Waals surface area contributed by atoms with Crippen molar-refractivity contribution in [3.05, 3.63) is 58.9 Å². The Labute approximate surface area is 173 Å². The molecule has 0 fully saturated rings. The number of amides is 1. The van der Waals surface area contributed by atoms with Crippen LogP contribution in [0.5, 0.6) is 5.75 Å². The second-order valence-electron chi connectivity index (χ2n) is 6.51. The lowest BCUT2D eigenvalue weighted by atomic mass is 10.2. The Balaban J connectivity index is 1.84. The molecule has 6 nitrogen and oxygen atoms in total. The Bertz CT molecular complexity index is 1050. The number of carbonyl (C=O) groups is 2. The Kier molecular flexibility index (Phi) is 7.19. The van der Waals surface area contributed by atoms with Gasteiger partial charge in [-0.1, -0.05) is 43.2 Å². The monoisotopic (exact) mass is 412 g/mol. The van der Waals surface area contributed by atoms with Crippen LogP contribution in [0.25, 0.3) is 10.2 Å². The van der Waals surface area contributed by atoms with Crippen LogP contribution in [0.1, 0.15) is 36.5 Å². The minimum Gasteiger partial charge on any atom is -0.494 e. The molecule has 1 aromatic heterocycles. The highest BCUT2D eigenvalue weighted by molar-refractivity contribution is 7.16. The van der Waals surface area contributed by atoms with E-state index in [9.17, 15) is 9.59 Å². The molecule has 0 aliphatic rings. The van der Waals surface area contributed by atoms with Crippen molar-refractivity contribution in [2.75, 3.05) is 13.7 Å². The van der Waals surface area contributed by atoms with Gasteiger partial charge >= 0.3 is 5.97 Å². The first kappa shape index (κ1) is 20.8. The lowest BCUT2D eigenvalue weighted by Crippen LogP contribution is -2.22. The van der Waals surface area contributed by atoms with Crippen LogP contribution in [0.4, 0.5) is 0 Å². The number of aromatic nitrogens is 1. The summed E-state index contributed by atoms with van der Waals surface area (Å²) in [5, 5.41) is 0. The van der Waals surface area contributed by atoms with E-state index in [1.165, 1.54) is 18.4 Å². The highest BCUT2D eigenvalue weighted by Gasteiger charge is 2.12. The number of ether oxygens (including phenoxy) is 2. The van der Waals surface area contributed by atoms with Crippen LogP contribution in [0.3, 0.4) is 0 Å². The predicted molar refractivity (Wildman–Crippen MR) is 113 cm³/mol. The molecule has 0 unspecified atom stereocenters. The SMILES string of the molecule is CCCCCOc1ccc(C(=O)N=c2sc3ccccc3n2CC(=O)OC)cc1. The van der Waals surface area contributed by atoms with Crippen LogP contribution in [-0.4, -0.2) is 30.2 Å². The smallest absolute Gasteiger partial charge is 0.325 e. The van der Waals surface area contributed by atoms with Gasteiger partial charge in [-0.25, -0.2) is 0 Å². The number of benzene rings is 2. The summed E-state index contributed by atoms with van der Waals surface area (Å²) in [5.74, 6) is -0.0278. The third-order valence-electron chi connectivity index (χ3n) is 4.42. The van der Waals surface area contributed by atoms with Gasteiger partial charge in [-0.15, -0.1) is 0 Å². The van der Waals surface area contributed by atoms with Gasteiger partial charge in [0.15, 0.2) is 4.80 Å². The van der Waals surface area contributed by atoms with Crippen LogP contribution in [0.15, 0.2) is 53.5 Å². The molecule has 1 amide bonds. The molecule has 152 valence electrons. The molecule has 0 spiro atoms. The maximum atomic E-state index is 12.7. The number of hydrogen-bond acceptors (Lipinski definition) is 5. The second-order valence-corrected chi connectivity index (χ2v) is 7.52. The van der Waals surface area contributed by atoms with Gasteiger partial charge in [0.1, 0.15) is 12.3 Å². The van der Waals surface area contributed by atoms with Crippen LogP contribution < -0.4 is 9.54 Å². The summed E-state index contributed by atoms with van der Waals surface area (Å²) in [7, 11) is 1.34. The number of unbranched alkanes of at least 4 members (excludes halogenated alkanes) is 2. The minimum absolute atomic E-state index is 0.00281. The number of fused-ring (bicyclic) bond motifs is 1. The molecule has 0 N–H and O–H groups in total. The third-order valence-corrected chi connectivity index (χ3v) is 5.48. The molecule has 0 atom stereocenters. The number of thiazole rings is 1. The first-order valence-corrected chi connectivity index (χ1v) is 10.4. The normalized spacial score (nSPS) is 11.6. The number of hydrogen-bond donors (Lipinski definition) is 0. The second kappa shape index (κ2) is 10.0. The van der Waals surface area contributed by atoms with Gasteiger partial charge < -0.3 is 14.0 Å². The van der Waals surface area contributed by atoms with E-state index in [0.717, 1.165) is 35.2 Å². The molecule has 7 heteroatoms. The number of carbonyl (C=O) groups excluding carboxylic acids is 2. The number of methoxy groups -OCH3 is 1. The van der Waals surface area contributed by atoms with Crippen LogP contribution in [0, 0.1) is 0 Å². The van der Waals surface area contributed by atoms with E-state index < -0.39 is 5.97 Å². The largest absolute Gasteiger partial charge is 0.494 e. The lowest BCUT2D eigenvalue weighted by Gasteiger charge is -2.06. The Morgan fingerprint density at radius 1 is 1.07 bits per heavy atom. The zero-order chi connectivity index (χ0) is 20.6. The summed E-state index contributed by atoms with van der Waals surface area (Å²) in [6, 6.07) is 14.6. The quantitative estimate of drug-likeness (QED) is 0.411. The number of rotatable bonds is 8. The summed E-state index contributed by atoms with van der Waals surface area (Å²) in [4.78, 5) is 29.2. The van der Waals surface area contributed by atoms with E-state index in [1.54, 1.807) is 28.8 Å². The van der Waals surface area contributed by atoms with Gasteiger partial charge in [-0.3, -0.25) is 9.59 Å². The van der Waals surface area contributed by atoms with Crippen molar-refractivity contribution in [3.63, 3.8) is 0 Å². The van der Waals surface area contributed by atoms with Gasteiger partial charge in [0, 0.05) is 5.56 Å². The maximum absolute atomic E-state index is 12.7. The molecule has 0 aliphatic carbocycles. The van der Waals surface area contributed by atoms with Gasteiger partial charge in [0.25, 0.3) is 5.91 Å². The fraction of sp³-hybridized carbons (Fsp3) is 0.318. The molecule has 3 aromatic rings. The van der Waals surface area contributed by atoms with Crippen molar-refractivity contribution in [3.8, 4) is 5.75 Å². The van der Waals surface area contributed by atoms with Crippen molar-refractivity contribution in [2.45, 2.75) is 32.7 Å². The molecular weight excluding hydrogens is 388 g/mol. The average Bonchev–Trinajstić information content (AvgIpc) is 3.08. The van der Waals surface area contributed by atoms with E-state index in [4.69, 9.17) is 9.47 Å². The lowest BCUT2D eigenvalue weighted by molar-refractivity contribution is -0.141. The van der Waals surface area contributed by atoms with Gasteiger partial charge in [0.2, 0.25) is 0 Å². The molecule has 3 rings (SSSR count). The van der Waals surface area contributed by atoms with Gasteiger partial charge in [-0.05, 0) is 42.8 Å². The summed E-state index contributed by atoms with van der Waals surface area (Å²) in [5.41, 5.74) is 1.30. The van der Waals surface area contributed by atoms with Crippen LogP contribution in [-0.2, 0) is 16.1 Å². The molecule has 2 aromatic carbocycles. The van der Waals surface area contributed by atoms with Crippen molar-refractivity contribution in [1.82, 2.24) is 4.57 Å². The van der Waals surface area contributed by atoms with E-state index in [-0.39, 0.29) is 12.5 Å².